The van der Waals surface area contributed by atoms with Gasteiger partial charge in [0, 0.05) is 5.30 Å². The number of hydrogen-bond donors (Lipinski definition) is 5. The first kappa shape index (κ1) is 14.0. The van der Waals surface area contributed by atoms with Crippen LogP contribution in [0.5, 0.6) is 0 Å². The van der Waals surface area contributed by atoms with E-state index in [1.165, 1.54) is 0 Å². The zero-order chi connectivity index (χ0) is 14.0. The molecule has 0 saturated carbocycles. The van der Waals surface area contributed by atoms with Crippen molar-refractivity contribution in [2.24, 2.45) is 0 Å². The Balaban J connectivity index is 3.77. The molecule has 18 heavy (non-hydrogen) atoms. The molecule has 0 amide bonds. The minimum Gasteiger partial charge on any atom is -0.478 e. The molecule has 96 valence electrons. The molecule has 5 N–H and O–H groups in total. The van der Waals surface area contributed by atoms with E-state index < -0.39 is 48.3 Å². The number of carbonyl (C=O) groups is 3. The van der Waals surface area contributed by atoms with Gasteiger partial charge in [-0.2, -0.15) is 0 Å². The fraction of sp³-hybridized carbons (Fsp3) is 0. The van der Waals surface area contributed by atoms with Crippen LogP contribution in [0.2, 0.25) is 0 Å². The second-order valence-electron chi connectivity index (χ2n) is 3.09. The van der Waals surface area contributed by atoms with Crippen LogP contribution in [-0.4, -0.2) is 43.0 Å². The van der Waals surface area contributed by atoms with E-state index in [1.807, 2.05) is 0 Å². The molecule has 0 saturated heterocycles. The van der Waals surface area contributed by atoms with Gasteiger partial charge in [-0.05, 0) is 12.1 Å². The zero-order valence-electron chi connectivity index (χ0n) is 8.56. The van der Waals surface area contributed by atoms with Crippen LogP contribution >= 0.6 is 8.38 Å². The second kappa shape index (κ2) is 5.09. The van der Waals surface area contributed by atoms with Crippen LogP contribution in [0.3, 0.4) is 0 Å². The Hall–Kier alpha value is -2.02. The molecular formula is C9H7O8P. The molecule has 0 aliphatic rings. The number of aromatic carboxylic acids is 3. The molecule has 9 heteroatoms. The topological polar surface area (TPSA) is 152 Å². The lowest BCUT2D eigenvalue weighted by molar-refractivity contribution is 0.0634. The van der Waals surface area contributed by atoms with Crippen LogP contribution < -0.4 is 5.30 Å². The summed E-state index contributed by atoms with van der Waals surface area (Å²) in [6, 6.07) is 1.68. The average molecular weight is 274 g/mol. The Bertz CT molecular complexity index is 536. The summed E-state index contributed by atoms with van der Waals surface area (Å²) in [5, 5.41) is 26.0. The van der Waals surface area contributed by atoms with Gasteiger partial charge in [-0.1, -0.05) is 0 Å². The monoisotopic (exact) mass is 274 g/mol. The minimum absolute atomic E-state index is 0.528. The van der Waals surface area contributed by atoms with Crippen molar-refractivity contribution in [1.29, 1.82) is 0 Å². The van der Waals surface area contributed by atoms with Gasteiger partial charge in [-0.25, -0.2) is 14.4 Å². The molecule has 0 unspecified atom stereocenters. The smallest absolute Gasteiger partial charge is 0.337 e. The Morgan fingerprint density at radius 1 is 0.833 bits per heavy atom. The second-order valence-corrected chi connectivity index (χ2v) is 4.15. The highest BCUT2D eigenvalue weighted by molar-refractivity contribution is 7.54. The number of rotatable bonds is 4. The van der Waals surface area contributed by atoms with Crippen LogP contribution in [0.25, 0.3) is 0 Å². The molecule has 8 nitrogen and oxygen atoms in total. The first-order chi connectivity index (χ1) is 8.27. The number of benzene rings is 1. The normalized spacial score (nSPS) is 10.4. The maximum Gasteiger partial charge on any atom is 0.337 e. The van der Waals surface area contributed by atoms with E-state index in [1.54, 1.807) is 0 Å². The SMILES string of the molecule is O=C(O)c1ccc(P(O)O)c(C(=O)O)c1C(=O)O. The Morgan fingerprint density at radius 3 is 1.67 bits per heavy atom. The lowest BCUT2D eigenvalue weighted by Gasteiger charge is -2.11. The van der Waals surface area contributed by atoms with E-state index in [0.29, 0.717) is 0 Å². The predicted octanol–water partition coefficient (Wildman–Crippen LogP) is -0.297. The molecule has 0 aromatic heterocycles. The molecule has 0 spiro atoms. The highest BCUT2D eigenvalue weighted by Gasteiger charge is 2.29. The van der Waals surface area contributed by atoms with Crippen molar-refractivity contribution in [3.8, 4) is 0 Å². The van der Waals surface area contributed by atoms with E-state index in [4.69, 9.17) is 25.1 Å². The van der Waals surface area contributed by atoms with Crippen LogP contribution in [0.4, 0.5) is 0 Å². The van der Waals surface area contributed by atoms with Gasteiger partial charge in [-0.3, -0.25) is 0 Å². The van der Waals surface area contributed by atoms with Crippen molar-refractivity contribution >= 4 is 31.6 Å². The third kappa shape index (κ3) is 2.45. The lowest BCUT2D eigenvalue weighted by atomic mass is 10.0. The Morgan fingerprint density at radius 2 is 1.33 bits per heavy atom. The van der Waals surface area contributed by atoms with Gasteiger partial charge >= 0.3 is 17.9 Å². The molecular weight excluding hydrogens is 267 g/mol. The number of hydrogen-bond acceptors (Lipinski definition) is 5. The Labute approximate surface area is 101 Å². The fourth-order valence-corrected chi connectivity index (χ4v) is 1.99. The predicted molar refractivity (Wildman–Crippen MR) is 58.3 cm³/mol. The standard InChI is InChI=1S/C9H7O8P/c10-7(11)3-1-2-4(18(16)17)6(9(14)15)5(3)8(12)13/h1-2,16-17H,(H,10,11)(H,12,13)(H,14,15). The van der Waals surface area contributed by atoms with Gasteiger partial charge in [0.1, 0.15) is 0 Å². The van der Waals surface area contributed by atoms with Gasteiger partial charge in [0.05, 0.1) is 16.7 Å². The minimum atomic E-state index is -2.86. The largest absolute Gasteiger partial charge is 0.478 e. The summed E-state index contributed by atoms with van der Waals surface area (Å²) >= 11 is 0. The number of carboxylic acid groups (broad SMARTS) is 3. The lowest BCUT2D eigenvalue weighted by Crippen LogP contribution is -2.23. The van der Waals surface area contributed by atoms with Crippen LogP contribution in [0, 0.1) is 0 Å². The zero-order valence-corrected chi connectivity index (χ0v) is 9.46. The molecule has 0 fully saturated rings. The summed E-state index contributed by atoms with van der Waals surface area (Å²) in [7, 11) is -2.86. The van der Waals surface area contributed by atoms with Crippen molar-refractivity contribution in [3.63, 3.8) is 0 Å². The van der Waals surface area contributed by atoms with Crippen molar-refractivity contribution in [3.05, 3.63) is 28.8 Å². The maximum atomic E-state index is 11.0. The third-order valence-electron chi connectivity index (χ3n) is 2.06. The van der Waals surface area contributed by atoms with E-state index in [0.717, 1.165) is 12.1 Å². The van der Waals surface area contributed by atoms with Gasteiger partial charge < -0.3 is 25.1 Å². The van der Waals surface area contributed by atoms with E-state index in [9.17, 15) is 14.4 Å². The molecule has 0 aliphatic heterocycles. The average Bonchev–Trinajstić information content (AvgIpc) is 2.26. The van der Waals surface area contributed by atoms with Crippen molar-refractivity contribution in [1.82, 2.24) is 0 Å². The molecule has 1 aromatic carbocycles. The maximum absolute atomic E-state index is 11.0. The summed E-state index contributed by atoms with van der Waals surface area (Å²) in [6.07, 6.45) is 0. The first-order valence-corrected chi connectivity index (χ1v) is 5.56. The molecule has 0 radical (unpaired) electrons. The van der Waals surface area contributed by atoms with Crippen LogP contribution in [0.1, 0.15) is 31.1 Å². The number of carboxylic acids is 3. The summed E-state index contributed by atoms with van der Waals surface area (Å²) in [5.41, 5.74) is -2.65. The van der Waals surface area contributed by atoms with E-state index in [2.05, 4.69) is 0 Å². The van der Waals surface area contributed by atoms with Crippen LogP contribution in [-0.2, 0) is 0 Å². The highest BCUT2D eigenvalue weighted by Crippen LogP contribution is 2.27. The van der Waals surface area contributed by atoms with Gasteiger partial charge in [0.15, 0.2) is 0 Å². The molecule has 0 bridgehead atoms. The van der Waals surface area contributed by atoms with Gasteiger partial charge in [0.2, 0.25) is 8.38 Å². The third-order valence-corrected chi connectivity index (χ3v) is 2.86. The fourth-order valence-electron chi connectivity index (χ4n) is 1.38. The quantitative estimate of drug-likeness (QED) is 0.469. The van der Waals surface area contributed by atoms with E-state index >= 15 is 0 Å². The molecule has 0 heterocycles. The summed E-state index contributed by atoms with van der Waals surface area (Å²) in [4.78, 5) is 50.7. The van der Waals surface area contributed by atoms with Crippen molar-refractivity contribution in [2.75, 3.05) is 0 Å². The molecule has 1 aromatic rings. The summed E-state index contributed by atoms with van der Waals surface area (Å²) in [5.74, 6) is -5.15. The molecule has 0 atom stereocenters. The highest BCUT2D eigenvalue weighted by atomic mass is 31.2. The summed E-state index contributed by atoms with van der Waals surface area (Å²) in [6.45, 7) is 0. The van der Waals surface area contributed by atoms with Crippen molar-refractivity contribution in [2.45, 2.75) is 0 Å². The Kier molecular flexibility index (Phi) is 3.97. The first-order valence-electron chi connectivity index (χ1n) is 4.32. The summed E-state index contributed by atoms with van der Waals surface area (Å²) < 4.78 is 0. The van der Waals surface area contributed by atoms with Gasteiger partial charge in [-0.15, -0.1) is 0 Å². The van der Waals surface area contributed by atoms with Gasteiger partial charge in [0.25, 0.3) is 0 Å². The van der Waals surface area contributed by atoms with E-state index in [-0.39, 0.29) is 0 Å². The molecule has 1 rings (SSSR count). The van der Waals surface area contributed by atoms with Crippen LogP contribution in [0.15, 0.2) is 12.1 Å². The van der Waals surface area contributed by atoms with Crippen molar-refractivity contribution < 1.29 is 39.5 Å². The molecule has 0 aliphatic carbocycles.